The number of carbonyl (C=O) groups excluding carboxylic acids is 1. The van der Waals surface area contributed by atoms with Gasteiger partial charge in [0.1, 0.15) is 5.75 Å². The van der Waals surface area contributed by atoms with E-state index in [1.54, 1.807) is 24.3 Å². The minimum absolute atomic E-state index is 0.0876. The highest BCUT2D eigenvalue weighted by molar-refractivity contribution is 6.30. The summed E-state index contributed by atoms with van der Waals surface area (Å²) in [4.78, 5) is 25.7. The first kappa shape index (κ1) is 23.7. The van der Waals surface area contributed by atoms with Crippen LogP contribution in [0.2, 0.25) is 5.02 Å². The molecule has 1 saturated heterocycles. The zero-order chi connectivity index (χ0) is 23.9. The van der Waals surface area contributed by atoms with Gasteiger partial charge in [-0.05, 0) is 73.3 Å². The van der Waals surface area contributed by atoms with Crippen molar-refractivity contribution in [2.75, 3.05) is 19.6 Å². The fraction of sp³-hybridized carbons (Fsp3) is 0.269. The third-order valence-corrected chi connectivity index (χ3v) is 6.11. The molecule has 0 atom stereocenters. The van der Waals surface area contributed by atoms with Crippen molar-refractivity contribution in [3.05, 3.63) is 93.0 Å². The van der Waals surface area contributed by atoms with Crippen LogP contribution in [0.4, 0.5) is 10.5 Å². The van der Waals surface area contributed by atoms with Crippen LogP contribution in [0.5, 0.6) is 5.75 Å². The number of nitrogens with zero attached hydrogens (tertiary/aromatic N) is 2. The third kappa shape index (κ3) is 6.34. The Hall–Kier alpha value is -3.42. The monoisotopic (exact) mass is 479 g/mol. The summed E-state index contributed by atoms with van der Waals surface area (Å²) in [5, 5.41) is 14.9. The minimum atomic E-state index is -0.604. The van der Waals surface area contributed by atoms with E-state index in [1.165, 1.54) is 12.8 Å². The molecule has 1 heterocycles. The molecule has 0 aromatic heterocycles. The first-order valence-electron chi connectivity index (χ1n) is 11.3. The van der Waals surface area contributed by atoms with Gasteiger partial charge in [0, 0.05) is 29.7 Å². The van der Waals surface area contributed by atoms with Crippen LogP contribution in [0.1, 0.15) is 24.0 Å². The van der Waals surface area contributed by atoms with E-state index in [0.29, 0.717) is 22.8 Å². The number of nitro groups is 1. The van der Waals surface area contributed by atoms with Gasteiger partial charge in [-0.1, -0.05) is 48.0 Å². The SMILES string of the molecule is O=C(NCCc1ccc(CN2CCCC2)cc1[N+](=O)[O-])Oc1ccc(-c2ccc(Cl)cc2)cc1. The number of hydrogen-bond acceptors (Lipinski definition) is 5. The molecule has 3 aromatic rings. The maximum Gasteiger partial charge on any atom is 0.412 e. The number of halogens is 1. The van der Waals surface area contributed by atoms with Crippen molar-refractivity contribution in [1.82, 2.24) is 10.2 Å². The molecule has 176 valence electrons. The van der Waals surface area contributed by atoms with E-state index in [1.807, 2.05) is 42.5 Å². The molecule has 1 N–H and O–H groups in total. The Labute approximate surface area is 203 Å². The van der Waals surface area contributed by atoms with Crippen molar-refractivity contribution in [3.63, 3.8) is 0 Å². The van der Waals surface area contributed by atoms with Gasteiger partial charge in [0.05, 0.1) is 4.92 Å². The van der Waals surface area contributed by atoms with Crippen molar-refractivity contribution in [2.45, 2.75) is 25.8 Å². The lowest BCUT2D eigenvalue weighted by molar-refractivity contribution is -0.385. The van der Waals surface area contributed by atoms with Gasteiger partial charge in [0.25, 0.3) is 5.69 Å². The number of nitrogens with one attached hydrogen (secondary N) is 1. The highest BCUT2D eigenvalue weighted by Crippen LogP contribution is 2.25. The Balaban J connectivity index is 1.29. The van der Waals surface area contributed by atoms with Crippen LogP contribution in [0.15, 0.2) is 66.7 Å². The van der Waals surface area contributed by atoms with Crippen molar-refractivity contribution < 1.29 is 14.5 Å². The summed E-state index contributed by atoms with van der Waals surface area (Å²) >= 11 is 5.92. The van der Waals surface area contributed by atoms with E-state index in [9.17, 15) is 14.9 Å². The van der Waals surface area contributed by atoms with Crippen LogP contribution < -0.4 is 10.1 Å². The average molecular weight is 480 g/mol. The fourth-order valence-electron chi connectivity index (χ4n) is 4.09. The zero-order valence-corrected chi connectivity index (χ0v) is 19.5. The molecule has 0 bridgehead atoms. The Morgan fingerprint density at radius 3 is 2.29 bits per heavy atom. The summed E-state index contributed by atoms with van der Waals surface area (Å²) in [5.74, 6) is 0.410. The van der Waals surface area contributed by atoms with E-state index >= 15 is 0 Å². The van der Waals surface area contributed by atoms with Crippen molar-refractivity contribution in [3.8, 4) is 16.9 Å². The molecule has 34 heavy (non-hydrogen) atoms. The first-order valence-corrected chi connectivity index (χ1v) is 11.7. The normalized spacial score (nSPS) is 13.6. The highest BCUT2D eigenvalue weighted by Gasteiger charge is 2.17. The lowest BCUT2D eigenvalue weighted by atomic mass is 10.1. The molecule has 0 radical (unpaired) electrons. The molecule has 1 aliphatic heterocycles. The van der Waals surface area contributed by atoms with Gasteiger partial charge in [-0.25, -0.2) is 4.79 Å². The maximum absolute atomic E-state index is 12.2. The van der Waals surface area contributed by atoms with Gasteiger partial charge in [0.2, 0.25) is 0 Å². The second-order valence-corrected chi connectivity index (χ2v) is 8.74. The summed E-state index contributed by atoms with van der Waals surface area (Å²) in [6, 6.07) is 20.0. The third-order valence-electron chi connectivity index (χ3n) is 5.86. The number of nitro benzene ring substituents is 1. The number of hydrogen-bond donors (Lipinski definition) is 1. The lowest BCUT2D eigenvalue weighted by Crippen LogP contribution is -2.28. The fourth-order valence-corrected chi connectivity index (χ4v) is 4.21. The average Bonchev–Trinajstić information content (AvgIpc) is 3.34. The summed E-state index contributed by atoms with van der Waals surface area (Å²) < 4.78 is 5.32. The predicted molar refractivity (Wildman–Crippen MR) is 132 cm³/mol. The summed E-state index contributed by atoms with van der Waals surface area (Å²) in [6.07, 6.45) is 2.08. The standard InChI is InChI=1S/C26H26ClN3O4/c27-23-9-5-20(6-10-23)21-7-11-24(12-8-21)34-26(31)28-14-13-22-4-3-19(17-25(22)30(32)33)18-29-15-1-2-16-29/h3-12,17H,1-2,13-16,18H2,(H,28,31). The van der Waals surface area contributed by atoms with E-state index in [-0.39, 0.29) is 17.2 Å². The van der Waals surface area contributed by atoms with Gasteiger partial charge >= 0.3 is 6.09 Å². The van der Waals surface area contributed by atoms with E-state index in [0.717, 1.165) is 36.3 Å². The minimum Gasteiger partial charge on any atom is -0.410 e. The van der Waals surface area contributed by atoms with Crippen LogP contribution in [0.25, 0.3) is 11.1 Å². The number of likely N-dealkylation sites (tertiary alicyclic amines) is 1. The molecular formula is C26H26ClN3O4. The maximum atomic E-state index is 12.2. The zero-order valence-electron chi connectivity index (χ0n) is 18.7. The van der Waals surface area contributed by atoms with Crippen LogP contribution >= 0.6 is 11.6 Å². The molecule has 0 aliphatic carbocycles. The number of amides is 1. The van der Waals surface area contributed by atoms with Crippen LogP contribution in [-0.2, 0) is 13.0 Å². The summed E-state index contributed by atoms with van der Waals surface area (Å²) in [7, 11) is 0. The van der Waals surface area contributed by atoms with Crippen molar-refractivity contribution >= 4 is 23.4 Å². The van der Waals surface area contributed by atoms with Crippen LogP contribution in [0.3, 0.4) is 0 Å². The molecule has 7 nitrogen and oxygen atoms in total. The molecule has 8 heteroatoms. The Kier molecular flexibility index (Phi) is 7.77. The smallest absolute Gasteiger partial charge is 0.410 e. The quantitative estimate of drug-likeness (QED) is 0.324. The molecule has 1 amide bonds. The largest absolute Gasteiger partial charge is 0.412 e. The Morgan fingerprint density at radius 1 is 1.00 bits per heavy atom. The highest BCUT2D eigenvalue weighted by atomic mass is 35.5. The van der Waals surface area contributed by atoms with E-state index in [2.05, 4.69) is 10.2 Å². The topological polar surface area (TPSA) is 84.7 Å². The van der Waals surface area contributed by atoms with Crippen LogP contribution in [0, 0.1) is 10.1 Å². The van der Waals surface area contributed by atoms with Crippen molar-refractivity contribution in [1.29, 1.82) is 0 Å². The second-order valence-electron chi connectivity index (χ2n) is 8.30. The summed E-state index contributed by atoms with van der Waals surface area (Å²) in [5.41, 5.74) is 3.59. The second kappa shape index (κ2) is 11.1. The molecule has 4 rings (SSSR count). The van der Waals surface area contributed by atoms with Gasteiger partial charge in [-0.3, -0.25) is 15.0 Å². The van der Waals surface area contributed by atoms with Crippen molar-refractivity contribution in [2.24, 2.45) is 0 Å². The molecule has 1 aliphatic rings. The number of benzene rings is 3. The summed E-state index contributed by atoms with van der Waals surface area (Å²) in [6.45, 7) is 3.02. The Bertz CT molecular complexity index is 1140. The number of ether oxygens (including phenoxy) is 1. The van der Waals surface area contributed by atoms with E-state index < -0.39 is 6.09 Å². The van der Waals surface area contributed by atoms with Gasteiger partial charge in [0.15, 0.2) is 0 Å². The van der Waals surface area contributed by atoms with Gasteiger partial charge in [-0.15, -0.1) is 0 Å². The number of carbonyl (C=O) groups is 1. The number of rotatable bonds is 8. The first-order chi connectivity index (χ1) is 16.5. The molecule has 1 fully saturated rings. The van der Waals surface area contributed by atoms with E-state index in [4.69, 9.17) is 16.3 Å². The lowest BCUT2D eigenvalue weighted by Gasteiger charge is -2.15. The molecular weight excluding hydrogens is 454 g/mol. The molecule has 3 aromatic carbocycles. The van der Waals surface area contributed by atoms with Crippen LogP contribution in [-0.4, -0.2) is 35.6 Å². The predicted octanol–water partition coefficient (Wildman–Crippen LogP) is 5.84. The molecule has 0 saturated carbocycles. The Morgan fingerprint density at radius 2 is 1.65 bits per heavy atom. The van der Waals surface area contributed by atoms with Gasteiger partial charge < -0.3 is 10.1 Å². The molecule has 0 unspecified atom stereocenters. The molecule has 0 spiro atoms. The van der Waals surface area contributed by atoms with Gasteiger partial charge in [-0.2, -0.15) is 0 Å².